The molecule has 0 bridgehead atoms. The van der Waals surface area contributed by atoms with Crippen LogP contribution >= 0.6 is 10.0 Å². The van der Waals surface area contributed by atoms with Crippen molar-refractivity contribution in [3.8, 4) is 16.9 Å². The van der Waals surface area contributed by atoms with Gasteiger partial charge in [-0.1, -0.05) is 55.8 Å². The van der Waals surface area contributed by atoms with E-state index in [2.05, 4.69) is 0 Å². The van der Waals surface area contributed by atoms with Gasteiger partial charge in [-0.3, -0.25) is 0 Å². The Kier molecular flexibility index (Phi) is 17.4. The molecule has 0 heterocycles. The summed E-state index contributed by atoms with van der Waals surface area (Å²) in [4.78, 5) is -1.24. The average molecular weight is 1120 g/mol. The lowest BCUT2D eigenvalue weighted by Crippen LogP contribution is -2.34. The van der Waals surface area contributed by atoms with Crippen LogP contribution < -0.4 is 4.74 Å². The van der Waals surface area contributed by atoms with Crippen molar-refractivity contribution in [3.05, 3.63) is 217 Å². The zero-order valence-corrected chi connectivity index (χ0v) is 38.8. The van der Waals surface area contributed by atoms with E-state index < -0.39 is 190 Å². The number of ether oxygens (including phenoxy) is 1. The van der Waals surface area contributed by atoms with Gasteiger partial charge in [-0.05, 0) is 63.7 Å². The zero-order valence-electron chi connectivity index (χ0n) is 38.0. The van der Waals surface area contributed by atoms with E-state index in [1.54, 1.807) is 0 Å². The molecule has 7 aromatic carbocycles. The largest absolute Gasteiger partial charge is 0.641 e. The van der Waals surface area contributed by atoms with E-state index in [1.165, 1.54) is 30.3 Å². The highest BCUT2D eigenvalue weighted by molar-refractivity contribution is 8.33. The molecule has 7 rings (SSSR count). The molecule has 0 saturated heterocycles. The summed E-state index contributed by atoms with van der Waals surface area (Å²) >= 11 is 0. The second-order valence-corrected chi connectivity index (χ2v) is 19.3. The van der Waals surface area contributed by atoms with Crippen LogP contribution in [0.25, 0.3) is 11.1 Å². The molecule has 4 nitrogen and oxygen atoms in total. The molecule has 402 valence electrons. The third-order valence-corrected chi connectivity index (χ3v) is 15.5. The van der Waals surface area contributed by atoms with E-state index in [0.717, 1.165) is 55.0 Å². The lowest BCUT2D eigenvalue weighted by atomic mass is 10.1. The molecular weight excluding hydrogens is 1090 g/mol. The summed E-state index contributed by atoms with van der Waals surface area (Å²) in [7, 11) is -8.31. The van der Waals surface area contributed by atoms with Crippen LogP contribution in [0.3, 0.4) is 0 Å². The Labute approximate surface area is 417 Å². The van der Waals surface area contributed by atoms with Crippen LogP contribution in [0, 0.1) is 116 Å². The Morgan fingerprint density at radius 3 is 1.13 bits per heavy atom. The van der Waals surface area contributed by atoms with E-state index in [-0.39, 0.29) is 5.56 Å². The number of benzene rings is 7. The maximum absolute atomic E-state index is 16.7. The van der Waals surface area contributed by atoms with Crippen LogP contribution in [-0.4, -0.2) is 13.9 Å². The van der Waals surface area contributed by atoms with Crippen LogP contribution in [0.15, 0.2) is 88.7 Å². The van der Waals surface area contributed by atoms with Crippen LogP contribution in [0.1, 0.15) is 47.5 Å². The topological polar surface area (TPSA) is 36.9 Å². The number of hydrogen-bond acceptors (Lipinski definition) is 4. The normalized spacial score (nSPS) is 13.2. The van der Waals surface area contributed by atoms with Crippen LogP contribution in [0.5, 0.6) is 5.75 Å². The summed E-state index contributed by atoms with van der Waals surface area (Å²) in [6.07, 6.45) is 1.47. The fourth-order valence-electron chi connectivity index (χ4n) is 7.54. The molecule has 0 fully saturated rings. The first-order valence-electron chi connectivity index (χ1n) is 21.6. The monoisotopic (exact) mass is 1120 g/mol. The molecule has 2 atom stereocenters. The zero-order chi connectivity index (χ0) is 55.7. The van der Waals surface area contributed by atoms with Gasteiger partial charge < -0.3 is 18.7 Å². The van der Waals surface area contributed by atoms with E-state index >= 15 is 52.7 Å². The van der Waals surface area contributed by atoms with Gasteiger partial charge in [0, 0.05) is 11.3 Å². The van der Waals surface area contributed by atoms with Gasteiger partial charge in [0.1, 0.15) is 11.2 Å². The maximum atomic E-state index is 16.7. The molecule has 76 heavy (non-hydrogen) atoms. The van der Waals surface area contributed by atoms with Crippen molar-refractivity contribution in [2.24, 2.45) is 0 Å². The predicted octanol–water partition coefficient (Wildman–Crippen LogP) is 15.9. The molecule has 0 saturated carbocycles. The highest BCUT2D eigenvalue weighted by atomic mass is 32.3. The van der Waals surface area contributed by atoms with E-state index in [4.69, 9.17) is 18.7 Å². The van der Waals surface area contributed by atoms with Crippen molar-refractivity contribution in [2.45, 2.75) is 54.0 Å². The Morgan fingerprint density at radius 1 is 0.395 bits per heavy atom. The summed E-state index contributed by atoms with van der Waals surface area (Å²) in [5.41, 5.74) is -11.0. The van der Waals surface area contributed by atoms with Crippen molar-refractivity contribution >= 4 is 17.3 Å². The fraction of sp³-hybridized carbons (Fsp3) is 0.160. The van der Waals surface area contributed by atoms with Gasteiger partial charge in [-0.15, -0.1) is 0 Å². The Balaban J connectivity index is 1.55. The summed E-state index contributed by atoms with van der Waals surface area (Å²) in [6, 6.07) is 15.4. The third-order valence-electron chi connectivity index (χ3n) is 11.5. The molecule has 0 aliphatic heterocycles. The number of unbranched alkanes of at least 4 members (excludes halogenated alkanes) is 1. The van der Waals surface area contributed by atoms with Gasteiger partial charge in [-0.25, -0.2) is 87.8 Å². The number of hydrogen-bond donors (Lipinski definition) is 0. The molecule has 0 spiro atoms. The van der Waals surface area contributed by atoms with Crippen LogP contribution in [0.2, 0.25) is 0 Å². The maximum Gasteiger partial charge on any atom is 0.641 e. The molecular formula is C50H29BF20O4S. The fourth-order valence-corrected chi connectivity index (χ4v) is 11.7. The lowest BCUT2D eigenvalue weighted by Gasteiger charge is -2.48. The van der Waals surface area contributed by atoms with Gasteiger partial charge in [0.25, 0.3) is 0 Å². The molecule has 0 radical (unpaired) electrons. The van der Waals surface area contributed by atoms with Crippen molar-refractivity contribution in [2.75, 3.05) is 6.61 Å². The molecule has 0 aliphatic rings. The Hall–Kier alpha value is -6.77. The van der Waals surface area contributed by atoms with E-state index in [0.29, 0.717) is 24.3 Å². The molecule has 26 heteroatoms. The third kappa shape index (κ3) is 10.5. The first kappa shape index (κ1) is 57.0. The van der Waals surface area contributed by atoms with Gasteiger partial charge in [0.05, 0.1) is 36.5 Å². The second kappa shape index (κ2) is 23.2. The summed E-state index contributed by atoms with van der Waals surface area (Å²) in [6.45, 7) is -1.99. The minimum absolute atomic E-state index is 0.199. The van der Waals surface area contributed by atoms with Gasteiger partial charge in [0.15, 0.2) is 93.1 Å². The number of halogens is 20. The minimum atomic E-state index is -4.84. The average Bonchev–Trinajstić information content (AvgIpc) is 3.43. The molecule has 7 aromatic rings. The highest BCUT2D eigenvalue weighted by Crippen LogP contribution is 2.74. The van der Waals surface area contributed by atoms with Crippen molar-refractivity contribution < 1.29 is 107 Å². The molecule has 0 aliphatic carbocycles. The minimum Gasteiger partial charge on any atom is -0.494 e. The molecule has 0 amide bonds. The Bertz CT molecular complexity index is 3130. The molecule has 2 unspecified atom stereocenters. The van der Waals surface area contributed by atoms with Crippen LogP contribution in [0.4, 0.5) is 87.8 Å². The van der Waals surface area contributed by atoms with Crippen molar-refractivity contribution in [1.82, 2.24) is 0 Å². The van der Waals surface area contributed by atoms with Gasteiger partial charge >= 0.3 is 7.32 Å². The SMILES string of the molecule is CCCCOc1ccc(-c2ccc(S(Cc3c(F)c(F)c(F)c(F)c3F)(c3ccccc3)C(OB(OCc3c(F)c(F)c(F)c(F)c3F)OCc3c(F)c(F)c(F)c(F)c3F)c3c(F)c(F)c(F)c(F)c3F)cc2)cc1. The van der Waals surface area contributed by atoms with E-state index in [9.17, 15) is 35.1 Å². The summed E-state index contributed by atoms with van der Waals surface area (Å²) < 4.78 is 325. The first-order chi connectivity index (χ1) is 36.0. The molecule has 0 N–H and O–H groups in total. The number of rotatable bonds is 19. The van der Waals surface area contributed by atoms with Crippen LogP contribution in [-0.2, 0) is 32.9 Å². The molecule has 0 aromatic heterocycles. The van der Waals surface area contributed by atoms with E-state index in [1.807, 2.05) is 6.92 Å². The smallest absolute Gasteiger partial charge is 0.494 e. The standard InChI is InChI=1S/C50H29BF20O4S/c1-2-3-17-72-23-13-9-21(10-14-23)22-11-15-25(16-12-22)76(24-7-5-4-6-8-24,20-28-34(56)42(64)48(70)43(65)35(28)57)50(29-36(58)44(66)49(71)45(67)37(29)59)75-51(73-18-26-30(52)38(60)46(68)39(61)31(26)53)74-19-27-32(54)40(62)47(69)41(63)33(27)55/h4-16,50H,2-3,17-20H2,1H3. The summed E-state index contributed by atoms with van der Waals surface area (Å²) in [5, 5.41) is 0. The van der Waals surface area contributed by atoms with Crippen molar-refractivity contribution in [3.63, 3.8) is 0 Å². The Morgan fingerprint density at radius 2 is 0.737 bits per heavy atom. The summed E-state index contributed by atoms with van der Waals surface area (Å²) in [5.74, 6) is -56.2. The quantitative estimate of drug-likeness (QED) is 0.0266. The van der Waals surface area contributed by atoms with Gasteiger partial charge in [0.2, 0.25) is 23.3 Å². The predicted molar refractivity (Wildman–Crippen MR) is 231 cm³/mol. The van der Waals surface area contributed by atoms with Crippen molar-refractivity contribution in [1.29, 1.82) is 0 Å². The first-order valence-corrected chi connectivity index (χ1v) is 23.5. The second-order valence-electron chi connectivity index (χ2n) is 16.0. The highest BCUT2D eigenvalue weighted by Gasteiger charge is 2.49. The lowest BCUT2D eigenvalue weighted by molar-refractivity contribution is 0.0663. The van der Waals surface area contributed by atoms with Gasteiger partial charge in [-0.2, -0.15) is 10.0 Å².